The van der Waals surface area contributed by atoms with Crippen molar-refractivity contribution >= 4 is 5.96 Å². The van der Waals surface area contributed by atoms with Crippen molar-refractivity contribution in [3.05, 3.63) is 59.4 Å². The zero-order chi connectivity index (χ0) is 20.0. The van der Waals surface area contributed by atoms with Crippen LogP contribution in [-0.2, 0) is 17.7 Å². The van der Waals surface area contributed by atoms with E-state index >= 15 is 0 Å². The summed E-state index contributed by atoms with van der Waals surface area (Å²) in [5.41, 5.74) is 3.29. The van der Waals surface area contributed by atoms with Gasteiger partial charge in [-0.3, -0.25) is 4.98 Å². The zero-order valence-corrected chi connectivity index (χ0v) is 17.2. The van der Waals surface area contributed by atoms with Gasteiger partial charge < -0.3 is 20.1 Å². The minimum Gasteiger partial charge on any atom is -0.491 e. The molecule has 0 spiro atoms. The lowest BCUT2D eigenvalue weighted by molar-refractivity contribution is 0.110. The van der Waals surface area contributed by atoms with Crippen LogP contribution in [-0.4, -0.2) is 43.9 Å². The Bertz CT molecular complexity index is 720. The third kappa shape index (κ3) is 7.96. The summed E-state index contributed by atoms with van der Waals surface area (Å²) in [5.74, 6) is 1.66. The standard InChI is InChI=1S/C22H32N4O2/c1-4-23-22(25-13-11-20-8-6-7-12-24-20)26-17-19-10-9-18(3)16-21(19)28-15-14-27-5-2/h6-10,12,16H,4-5,11,13-15,17H2,1-3H3,(H2,23,25,26). The third-order valence-electron chi connectivity index (χ3n) is 4.06. The average molecular weight is 385 g/mol. The highest BCUT2D eigenvalue weighted by Crippen LogP contribution is 2.21. The maximum atomic E-state index is 5.91. The summed E-state index contributed by atoms with van der Waals surface area (Å²) in [6.45, 7) is 10.1. The largest absolute Gasteiger partial charge is 0.491 e. The highest BCUT2D eigenvalue weighted by atomic mass is 16.5. The fourth-order valence-electron chi connectivity index (χ4n) is 2.64. The molecule has 0 atom stereocenters. The van der Waals surface area contributed by atoms with Crippen molar-refractivity contribution < 1.29 is 9.47 Å². The number of aromatic nitrogens is 1. The summed E-state index contributed by atoms with van der Waals surface area (Å²) in [7, 11) is 0. The number of nitrogens with zero attached hydrogens (tertiary/aromatic N) is 2. The van der Waals surface area contributed by atoms with Crippen LogP contribution < -0.4 is 15.4 Å². The highest BCUT2D eigenvalue weighted by Gasteiger charge is 2.05. The molecule has 0 aliphatic rings. The van der Waals surface area contributed by atoms with Crippen molar-refractivity contribution in [3.63, 3.8) is 0 Å². The van der Waals surface area contributed by atoms with E-state index in [0.29, 0.717) is 26.4 Å². The van der Waals surface area contributed by atoms with Crippen molar-refractivity contribution in [2.45, 2.75) is 33.7 Å². The molecule has 0 amide bonds. The average Bonchev–Trinajstić information content (AvgIpc) is 2.71. The van der Waals surface area contributed by atoms with Gasteiger partial charge in [0.2, 0.25) is 0 Å². The molecule has 0 radical (unpaired) electrons. The minimum absolute atomic E-state index is 0.538. The number of pyridine rings is 1. The number of benzene rings is 1. The molecule has 2 aromatic rings. The maximum Gasteiger partial charge on any atom is 0.191 e. The SMILES string of the molecule is CCNC(=NCc1ccc(C)cc1OCCOCC)NCCc1ccccn1. The van der Waals surface area contributed by atoms with Crippen molar-refractivity contribution in [1.82, 2.24) is 15.6 Å². The van der Waals surface area contributed by atoms with Gasteiger partial charge in [0.05, 0.1) is 13.2 Å². The maximum absolute atomic E-state index is 5.91. The van der Waals surface area contributed by atoms with Gasteiger partial charge in [0, 0.05) is 43.6 Å². The molecular formula is C22H32N4O2. The zero-order valence-electron chi connectivity index (χ0n) is 17.2. The summed E-state index contributed by atoms with van der Waals surface area (Å²) in [6.07, 6.45) is 2.67. The first kappa shape index (κ1) is 21.7. The predicted octanol–water partition coefficient (Wildman–Crippen LogP) is 3.10. The number of nitrogens with one attached hydrogen (secondary N) is 2. The van der Waals surface area contributed by atoms with Crippen LogP contribution in [0.15, 0.2) is 47.6 Å². The van der Waals surface area contributed by atoms with E-state index in [9.17, 15) is 0 Å². The predicted molar refractivity (Wildman–Crippen MR) is 114 cm³/mol. The van der Waals surface area contributed by atoms with E-state index < -0.39 is 0 Å². The Hall–Kier alpha value is -2.60. The molecular weight excluding hydrogens is 352 g/mol. The van der Waals surface area contributed by atoms with Gasteiger partial charge in [-0.2, -0.15) is 0 Å². The van der Waals surface area contributed by atoms with Gasteiger partial charge in [0.25, 0.3) is 0 Å². The molecule has 0 unspecified atom stereocenters. The number of guanidine groups is 1. The van der Waals surface area contributed by atoms with Crippen LogP contribution in [0.2, 0.25) is 0 Å². The molecule has 0 aliphatic heterocycles. The Kier molecular flexibility index (Phi) is 9.86. The van der Waals surface area contributed by atoms with Crippen molar-refractivity contribution in [3.8, 4) is 5.75 Å². The molecule has 0 saturated carbocycles. The van der Waals surface area contributed by atoms with Gasteiger partial charge >= 0.3 is 0 Å². The van der Waals surface area contributed by atoms with Crippen LogP contribution >= 0.6 is 0 Å². The molecule has 0 bridgehead atoms. The van der Waals surface area contributed by atoms with Gasteiger partial charge in [-0.15, -0.1) is 0 Å². The van der Waals surface area contributed by atoms with Gasteiger partial charge in [0.15, 0.2) is 5.96 Å². The quantitative estimate of drug-likeness (QED) is 0.354. The lowest BCUT2D eigenvalue weighted by atomic mass is 10.1. The van der Waals surface area contributed by atoms with E-state index in [1.54, 1.807) is 0 Å². The van der Waals surface area contributed by atoms with Crippen LogP contribution in [0.3, 0.4) is 0 Å². The van der Waals surface area contributed by atoms with Gasteiger partial charge in [0.1, 0.15) is 12.4 Å². The molecule has 1 heterocycles. The van der Waals surface area contributed by atoms with Crippen molar-refractivity contribution in [1.29, 1.82) is 0 Å². The number of aliphatic imine (C=N–C) groups is 1. The first-order valence-electron chi connectivity index (χ1n) is 9.95. The second-order valence-corrected chi connectivity index (χ2v) is 6.35. The van der Waals surface area contributed by atoms with E-state index in [1.165, 1.54) is 5.56 Å². The van der Waals surface area contributed by atoms with Gasteiger partial charge in [-0.25, -0.2) is 4.99 Å². The summed E-state index contributed by atoms with van der Waals surface area (Å²) in [5, 5.41) is 6.66. The topological polar surface area (TPSA) is 67.8 Å². The Balaban J connectivity index is 1.94. The summed E-state index contributed by atoms with van der Waals surface area (Å²) in [6, 6.07) is 12.2. The lowest BCUT2D eigenvalue weighted by Crippen LogP contribution is -2.38. The summed E-state index contributed by atoms with van der Waals surface area (Å²) >= 11 is 0. The number of hydrogen-bond acceptors (Lipinski definition) is 4. The molecule has 0 saturated heterocycles. The molecule has 1 aromatic heterocycles. The molecule has 0 fully saturated rings. The first-order chi connectivity index (χ1) is 13.7. The van der Waals surface area contributed by atoms with Crippen molar-refractivity contribution in [2.75, 3.05) is 32.9 Å². The normalized spacial score (nSPS) is 11.3. The monoisotopic (exact) mass is 384 g/mol. The second kappa shape index (κ2) is 12.7. The molecule has 1 aromatic carbocycles. The number of aryl methyl sites for hydroxylation is 1. The third-order valence-corrected chi connectivity index (χ3v) is 4.06. The van der Waals surface area contributed by atoms with Crippen LogP contribution in [0.5, 0.6) is 5.75 Å². The van der Waals surface area contributed by atoms with E-state index in [2.05, 4.69) is 47.7 Å². The molecule has 152 valence electrons. The van der Waals surface area contributed by atoms with Crippen LogP contribution in [0.1, 0.15) is 30.7 Å². The summed E-state index contributed by atoms with van der Waals surface area (Å²) < 4.78 is 11.3. The van der Waals surface area contributed by atoms with Gasteiger partial charge in [-0.1, -0.05) is 18.2 Å². The molecule has 2 rings (SSSR count). The second-order valence-electron chi connectivity index (χ2n) is 6.35. The van der Waals surface area contributed by atoms with E-state index in [4.69, 9.17) is 14.5 Å². The number of hydrogen-bond donors (Lipinski definition) is 2. The number of rotatable bonds is 11. The minimum atomic E-state index is 0.538. The smallest absolute Gasteiger partial charge is 0.191 e. The van der Waals surface area contributed by atoms with Gasteiger partial charge in [-0.05, 0) is 44.5 Å². The van der Waals surface area contributed by atoms with Crippen molar-refractivity contribution in [2.24, 2.45) is 4.99 Å². The fourth-order valence-corrected chi connectivity index (χ4v) is 2.64. The first-order valence-corrected chi connectivity index (χ1v) is 9.95. The highest BCUT2D eigenvalue weighted by molar-refractivity contribution is 5.79. The Morgan fingerprint density at radius 2 is 2.00 bits per heavy atom. The lowest BCUT2D eigenvalue weighted by Gasteiger charge is -2.13. The number of ether oxygens (including phenoxy) is 2. The molecule has 28 heavy (non-hydrogen) atoms. The van der Waals surface area contributed by atoms with E-state index in [1.807, 2.05) is 31.3 Å². The summed E-state index contributed by atoms with van der Waals surface area (Å²) in [4.78, 5) is 9.06. The molecule has 2 N–H and O–H groups in total. The van der Waals surface area contributed by atoms with Crippen LogP contribution in [0.4, 0.5) is 0 Å². The molecule has 6 heteroatoms. The molecule has 6 nitrogen and oxygen atoms in total. The van der Waals surface area contributed by atoms with Crippen LogP contribution in [0, 0.1) is 6.92 Å². The van der Waals surface area contributed by atoms with E-state index in [0.717, 1.165) is 42.5 Å². The molecule has 0 aliphatic carbocycles. The Morgan fingerprint density at radius 1 is 1.11 bits per heavy atom. The Labute approximate surface area is 168 Å². The Morgan fingerprint density at radius 3 is 2.75 bits per heavy atom. The fraction of sp³-hybridized carbons (Fsp3) is 0.455. The van der Waals surface area contributed by atoms with E-state index in [-0.39, 0.29) is 0 Å². The van der Waals surface area contributed by atoms with Crippen LogP contribution in [0.25, 0.3) is 0 Å².